The Labute approximate surface area is 197 Å². The number of alkyl halides is 4. The van der Waals surface area contributed by atoms with E-state index in [1.54, 1.807) is 24.3 Å². The summed E-state index contributed by atoms with van der Waals surface area (Å²) in [6.45, 7) is -2.23. The van der Waals surface area contributed by atoms with Gasteiger partial charge >= 0.3 is 11.8 Å². The van der Waals surface area contributed by atoms with Crippen LogP contribution in [-0.2, 0) is 0 Å². The van der Waals surface area contributed by atoms with Gasteiger partial charge in [0, 0.05) is 24.0 Å². The Kier molecular flexibility index (Phi) is 6.33. The molecule has 1 saturated heterocycles. The third-order valence-corrected chi connectivity index (χ3v) is 5.40. The van der Waals surface area contributed by atoms with E-state index in [4.69, 9.17) is 10.5 Å². The maximum absolute atomic E-state index is 13.7. The van der Waals surface area contributed by atoms with Crippen molar-refractivity contribution in [3.8, 4) is 11.4 Å². The third kappa shape index (κ3) is 4.75. The Balaban J connectivity index is 1.74. The molecule has 0 spiro atoms. The molecule has 11 heteroatoms. The number of hydrogen-bond donors (Lipinski definition) is 1. The minimum Gasteiger partial charge on any atom is -0.494 e. The van der Waals surface area contributed by atoms with Crippen LogP contribution in [0.25, 0.3) is 5.69 Å². The summed E-state index contributed by atoms with van der Waals surface area (Å²) in [6.07, 6.45) is 4.07. The van der Waals surface area contributed by atoms with Gasteiger partial charge in [-0.25, -0.2) is 9.67 Å². The number of rotatable bonds is 6. The molecule has 2 aromatic carbocycles. The average Bonchev–Trinajstić information content (AvgIpc) is 3.06. The lowest BCUT2D eigenvalue weighted by Crippen LogP contribution is -2.38. The van der Waals surface area contributed by atoms with Crippen molar-refractivity contribution in [3.05, 3.63) is 89.0 Å². The van der Waals surface area contributed by atoms with Crippen molar-refractivity contribution >= 4 is 17.1 Å². The molecule has 0 unspecified atom stereocenters. The number of hydrogen-bond acceptors (Lipinski definition) is 6. The number of allylic oxidation sites excluding steroid dienone is 1. The molecular formula is C24H21F4N5O2. The first-order valence-corrected chi connectivity index (χ1v) is 10.5. The summed E-state index contributed by atoms with van der Waals surface area (Å²) < 4.78 is 61.4. The SMILES string of the molecule is COc1cc(N2CC(F)(F)C(F)(F)C2)ccc1-n1ccc(=O)c(C(C=CN)=Nc2ccccc2)n1. The summed E-state index contributed by atoms with van der Waals surface area (Å²) >= 11 is 0. The minimum atomic E-state index is -4.14. The largest absolute Gasteiger partial charge is 0.494 e. The maximum atomic E-state index is 13.7. The normalized spacial score (nSPS) is 17.2. The van der Waals surface area contributed by atoms with Crippen LogP contribution >= 0.6 is 0 Å². The molecule has 1 aliphatic rings. The number of methoxy groups -OCH3 is 1. The number of benzene rings is 2. The van der Waals surface area contributed by atoms with E-state index in [1.807, 2.05) is 6.07 Å². The van der Waals surface area contributed by atoms with E-state index in [2.05, 4.69) is 10.1 Å². The first-order chi connectivity index (χ1) is 16.6. The van der Waals surface area contributed by atoms with Gasteiger partial charge in [0.05, 0.1) is 31.6 Å². The summed E-state index contributed by atoms with van der Waals surface area (Å²) in [5.74, 6) is -8.10. The van der Waals surface area contributed by atoms with Gasteiger partial charge in [-0.1, -0.05) is 18.2 Å². The van der Waals surface area contributed by atoms with Gasteiger partial charge in [0.25, 0.3) is 0 Å². The van der Waals surface area contributed by atoms with Crippen LogP contribution in [-0.4, -0.2) is 47.5 Å². The van der Waals surface area contributed by atoms with Gasteiger partial charge in [-0.15, -0.1) is 0 Å². The highest BCUT2D eigenvalue weighted by atomic mass is 19.3. The van der Waals surface area contributed by atoms with Crippen molar-refractivity contribution in [3.63, 3.8) is 0 Å². The second-order valence-corrected chi connectivity index (χ2v) is 7.79. The monoisotopic (exact) mass is 487 g/mol. The summed E-state index contributed by atoms with van der Waals surface area (Å²) in [5, 5.41) is 4.37. The van der Waals surface area contributed by atoms with Gasteiger partial charge in [0.1, 0.15) is 11.4 Å². The molecule has 0 aliphatic carbocycles. The third-order valence-electron chi connectivity index (χ3n) is 5.40. The number of aromatic nitrogens is 2. The van der Waals surface area contributed by atoms with Crippen molar-refractivity contribution < 1.29 is 22.3 Å². The van der Waals surface area contributed by atoms with Crippen molar-refractivity contribution in [1.29, 1.82) is 0 Å². The highest BCUT2D eigenvalue weighted by molar-refractivity contribution is 6.08. The zero-order valence-electron chi connectivity index (χ0n) is 18.5. The van der Waals surface area contributed by atoms with Crippen molar-refractivity contribution in [2.45, 2.75) is 11.8 Å². The highest BCUT2D eigenvalue weighted by Gasteiger charge is 2.63. The number of ether oxygens (including phenoxy) is 1. The molecule has 3 aromatic rings. The number of nitrogens with two attached hydrogens (primary N) is 1. The van der Waals surface area contributed by atoms with Gasteiger partial charge < -0.3 is 15.4 Å². The van der Waals surface area contributed by atoms with Crippen LogP contribution in [0.3, 0.4) is 0 Å². The molecule has 2 heterocycles. The molecule has 0 radical (unpaired) electrons. The average molecular weight is 487 g/mol. The molecule has 35 heavy (non-hydrogen) atoms. The summed E-state index contributed by atoms with van der Waals surface area (Å²) in [4.78, 5) is 17.9. The molecule has 1 fully saturated rings. The fourth-order valence-corrected chi connectivity index (χ4v) is 3.62. The number of nitrogens with zero attached hydrogens (tertiary/aromatic N) is 4. The molecular weight excluding hydrogens is 466 g/mol. The number of halogens is 4. The lowest BCUT2D eigenvalue weighted by molar-refractivity contribution is -0.172. The van der Waals surface area contributed by atoms with Crippen LogP contribution in [0.2, 0.25) is 0 Å². The van der Waals surface area contributed by atoms with Crippen LogP contribution in [0.5, 0.6) is 5.75 Å². The Morgan fingerprint density at radius 2 is 1.77 bits per heavy atom. The number of para-hydroxylation sites is 1. The van der Waals surface area contributed by atoms with E-state index in [1.165, 1.54) is 54.5 Å². The second kappa shape index (κ2) is 9.24. The van der Waals surface area contributed by atoms with Crippen LogP contribution in [0.1, 0.15) is 5.69 Å². The van der Waals surface area contributed by atoms with E-state index in [-0.39, 0.29) is 22.8 Å². The lowest BCUT2D eigenvalue weighted by atomic mass is 10.2. The number of anilines is 1. The van der Waals surface area contributed by atoms with Crippen molar-refractivity contribution in [1.82, 2.24) is 9.78 Å². The molecule has 1 aliphatic heterocycles. The van der Waals surface area contributed by atoms with Gasteiger partial charge in [-0.05, 0) is 36.5 Å². The molecule has 0 saturated carbocycles. The molecule has 182 valence electrons. The van der Waals surface area contributed by atoms with E-state index in [0.717, 1.165) is 4.90 Å². The lowest BCUT2D eigenvalue weighted by Gasteiger charge is -2.20. The van der Waals surface area contributed by atoms with E-state index < -0.39 is 30.4 Å². The van der Waals surface area contributed by atoms with Crippen LogP contribution in [0.15, 0.2) is 82.9 Å². The summed E-state index contributed by atoms with van der Waals surface area (Å²) in [7, 11) is 1.35. The molecule has 2 N–H and O–H groups in total. The topological polar surface area (TPSA) is 85.7 Å². The van der Waals surface area contributed by atoms with Crippen molar-refractivity contribution in [2.75, 3.05) is 25.1 Å². The Morgan fingerprint density at radius 3 is 2.40 bits per heavy atom. The Hall–Kier alpha value is -4.15. The van der Waals surface area contributed by atoms with E-state index >= 15 is 0 Å². The van der Waals surface area contributed by atoms with Gasteiger partial charge in [-0.2, -0.15) is 22.7 Å². The van der Waals surface area contributed by atoms with Gasteiger partial charge in [0.15, 0.2) is 5.69 Å². The fraction of sp³-hybridized carbons (Fsp3) is 0.208. The van der Waals surface area contributed by atoms with Crippen LogP contribution in [0, 0.1) is 0 Å². The van der Waals surface area contributed by atoms with Gasteiger partial charge in [0.2, 0.25) is 5.43 Å². The first-order valence-electron chi connectivity index (χ1n) is 10.5. The second-order valence-electron chi connectivity index (χ2n) is 7.79. The molecule has 0 bridgehead atoms. The molecule has 0 amide bonds. The minimum absolute atomic E-state index is 0.00279. The highest BCUT2D eigenvalue weighted by Crippen LogP contribution is 2.43. The first kappa shape index (κ1) is 24.0. The Morgan fingerprint density at radius 1 is 1.09 bits per heavy atom. The standard InChI is InChI=1S/C24H21F4N5O2/c1-35-21-13-17(32-14-23(25,26)24(27,28)15-32)7-8-19(21)33-12-10-20(34)22(31-33)18(9-11-29)30-16-5-3-2-4-6-16/h2-13H,14-15,29H2,1H3. The zero-order valence-corrected chi connectivity index (χ0v) is 18.5. The smallest absolute Gasteiger partial charge is 0.329 e. The maximum Gasteiger partial charge on any atom is 0.329 e. The van der Waals surface area contributed by atoms with Crippen LogP contribution in [0.4, 0.5) is 28.9 Å². The quantitative estimate of drug-likeness (QED) is 0.421. The van der Waals surface area contributed by atoms with Crippen molar-refractivity contribution in [2.24, 2.45) is 10.7 Å². The summed E-state index contributed by atoms with van der Waals surface area (Å²) in [5.41, 5.74) is 6.43. The zero-order chi connectivity index (χ0) is 25.2. The molecule has 1 aromatic heterocycles. The Bertz CT molecular complexity index is 1320. The van der Waals surface area contributed by atoms with E-state index in [9.17, 15) is 22.4 Å². The van der Waals surface area contributed by atoms with E-state index in [0.29, 0.717) is 11.4 Å². The molecule has 7 nitrogen and oxygen atoms in total. The van der Waals surface area contributed by atoms with Crippen LogP contribution < -0.4 is 20.8 Å². The summed E-state index contributed by atoms with van der Waals surface area (Å²) in [6, 6.07) is 14.4. The predicted octanol–water partition coefficient (Wildman–Crippen LogP) is 3.92. The predicted molar refractivity (Wildman–Crippen MR) is 124 cm³/mol. The molecule has 4 rings (SSSR count). The van der Waals surface area contributed by atoms with Gasteiger partial charge in [-0.3, -0.25) is 4.79 Å². The fourth-order valence-electron chi connectivity index (χ4n) is 3.62. The molecule has 0 atom stereocenters. The number of aliphatic imine (C=N–C) groups is 1.